The number of anilines is 1. The molecule has 3 aromatic rings. The van der Waals surface area contributed by atoms with Crippen LogP contribution in [0.15, 0.2) is 59.6 Å². The van der Waals surface area contributed by atoms with Crippen LogP contribution in [-0.2, 0) is 10.0 Å². The molecule has 205 valence electrons. The fraction of sp³-hybridized carbons (Fsp3) is 0.444. The van der Waals surface area contributed by atoms with Crippen molar-refractivity contribution in [1.82, 2.24) is 19.5 Å². The van der Waals surface area contributed by atoms with E-state index in [0.717, 1.165) is 12.5 Å². The molecule has 1 aliphatic rings. The van der Waals surface area contributed by atoms with Gasteiger partial charge in [0.25, 0.3) is 15.9 Å². The molecule has 3 heterocycles. The van der Waals surface area contributed by atoms with Gasteiger partial charge in [-0.05, 0) is 50.5 Å². The predicted molar refractivity (Wildman–Crippen MR) is 151 cm³/mol. The number of sulfonamides is 1. The molecule has 0 unspecified atom stereocenters. The summed E-state index contributed by atoms with van der Waals surface area (Å²) in [4.78, 5) is 20.3. The zero-order valence-corrected chi connectivity index (χ0v) is 24.7. The average Bonchev–Trinajstić information content (AvgIpc) is 3.41. The van der Waals surface area contributed by atoms with Gasteiger partial charge < -0.3 is 9.64 Å². The minimum Gasteiger partial charge on any atom is -0.480 e. The summed E-state index contributed by atoms with van der Waals surface area (Å²) >= 11 is 0. The highest BCUT2D eigenvalue weighted by Gasteiger charge is 2.39. The fourth-order valence-electron chi connectivity index (χ4n) is 4.72. The van der Waals surface area contributed by atoms with Crippen LogP contribution in [0.3, 0.4) is 0 Å². The molecule has 1 amide bonds. The van der Waals surface area contributed by atoms with Gasteiger partial charge >= 0.3 is 0 Å². The summed E-state index contributed by atoms with van der Waals surface area (Å²) < 4.78 is 35.4. The van der Waals surface area contributed by atoms with E-state index in [0.29, 0.717) is 36.6 Å². The lowest BCUT2D eigenvalue weighted by Crippen LogP contribution is -2.41. The van der Waals surface area contributed by atoms with Crippen LogP contribution < -0.4 is 14.4 Å². The largest absolute Gasteiger partial charge is 0.480 e. The maximum absolute atomic E-state index is 13.4. The molecule has 38 heavy (non-hydrogen) atoms. The van der Waals surface area contributed by atoms with Gasteiger partial charge in [0.05, 0.1) is 17.1 Å². The van der Waals surface area contributed by atoms with Gasteiger partial charge in [0.15, 0.2) is 5.82 Å². The van der Waals surface area contributed by atoms with Crippen LogP contribution in [0.2, 0.25) is 25.7 Å². The Morgan fingerprint density at radius 3 is 2.47 bits per heavy atom. The molecule has 9 nitrogen and oxygen atoms in total. The van der Waals surface area contributed by atoms with Gasteiger partial charge in [0.1, 0.15) is 5.82 Å². The van der Waals surface area contributed by atoms with Crippen LogP contribution >= 0.6 is 0 Å². The summed E-state index contributed by atoms with van der Waals surface area (Å²) in [6, 6.07) is 13.9. The Morgan fingerprint density at radius 1 is 1.13 bits per heavy atom. The molecular formula is C27H37N5O4SSi-. The molecule has 1 aliphatic heterocycles. The molecule has 0 spiro atoms. The smallest absolute Gasteiger partial charge is 0.268 e. The summed E-state index contributed by atoms with van der Waals surface area (Å²) in [6.45, 7) is 14.6. The maximum atomic E-state index is 13.4. The van der Waals surface area contributed by atoms with Crippen molar-refractivity contribution in [3.8, 4) is 11.7 Å². The normalized spacial score (nSPS) is 17.4. The SMILES string of the molecule is C[C@@H]1CN(c2nc(-n3ccc(OCC[Si-](C)(C)C)n3)ccc2C(=O)NS(=O)(=O)c2ccccc2)C(C)(C)C1. The topological polar surface area (TPSA) is 106 Å². The van der Waals surface area contributed by atoms with E-state index >= 15 is 0 Å². The van der Waals surface area contributed by atoms with E-state index < -0.39 is 24.0 Å². The molecule has 1 aromatic carbocycles. The quantitative estimate of drug-likeness (QED) is 0.381. The van der Waals surface area contributed by atoms with Crippen LogP contribution in [0.1, 0.15) is 37.6 Å². The highest BCUT2D eigenvalue weighted by molar-refractivity contribution is 7.90. The Balaban J connectivity index is 1.66. The van der Waals surface area contributed by atoms with Gasteiger partial charge in [0.2, 0.25) is 5.88 Å². The number of amides is 1. The number of nitrogens with zero attached hydrogens (tertiary/aromatic N) is 4. The van der Waals surface area contributed by atoms with Crippen molar-refractivity contribution in [3.63, 3.8) is 0 Å². The number of carbonyl (C=O) groups excluding carboxylic acids is 1. The first kappa shape index (κ1) is 27.8. The molecule has 0 radical (unpaired) electrons. The molecule has 0 bridgehead atoms. The monoisotopic (exact) mass is 555 g/mol. The highest BCUT2D eigenvalue weighted by atomic mass is 32.2. The fourth-order valence-corrected chi connectivity index (χ4v) is 6.42. The third-order valence-corrected chi connectivity index (χ3v) is 9.67. The van der Waals surface area contributed by atoms with E-state index in [-0.39, 0.29) is 16.0 Å². The van der Waals surface area contributed by atoms with E-state index in [2.05, 4.69) is 55.1 Å². The second kappa shape index (κ2) is 10.5. The summed E-state index contributed by atoms with van der Waals surface area (Å²) in [5.41, 5.74) is -0.0812. The number of carbonyl (C=O) groups is 1. The second-order valence-electron chi connectivity index (χ2n) is 11.8. The minimum atomic E-state index is -4.04. The summed E-state index contributed by atoms with van der Waals surface area (Å²) in [6.07, 6.45) is 2.69. The first-order chi connectivity index (χ1) is 17.7. The van der Waals surface area contributed by atoms with Crippen molar-refractivity contribution in [3.05, 3.63) is 60.3 Å². The van der Waals surface area contributed by atoms with E-state index in [4.69, 9.17) is 9.72 Å². The number of hydrogen-bond acceptors (Lipinski definition) is 7. The van der Waals surface area contributed by atoms with Crippen LogP contribution in [0.25, 0.3) is 5.82 Å². The van der Waals surface area contributed by atoms with E-state index in [1.807, 2.05) is 0 Å². The molecular weight excluding hydrogens is 518 g/mol. The molecule has 1 saturated heterocycles. The van der Waals surface area contributed by atoms with Crippen LogP contribution in [0.4, 0.5) is 5.82 Å². The first-order valence-corrected chi connectivity index (χ1v) is 18.0. The molecule has 2 aromatic heterocycles. The molecule has 11 heteroatoms. The van der Waals surface area contributed by atoms with E-state index in [1.54, 1.807) is 47.3 Å². The molecule has 1 N–H and O–H groups in total. The predicted octanol–water partition coefficient (Wildman–Crippen LogP) is 4.73. The Morgan fingerprint density at radius 2 is 1.84 bits per heavy atom. The van der Waals surface area contributed by atoms with Crippen molar-refractivity contribution in [2.75, 3.05) is 18.1 Å². The Bertz CT molecular complexity index is 1400. The van der Waals surface area contributed by atoms with E-state index in [1.165, 1.54) is 12.1 Å². The zero-order valence-electron chi connectivity index (χ0n) is 22.9. The maximum Gasteiger partial charge on any atom is 0.268 e. The Labute approximate surface area is 226 Å². The number of hydrogen-bond donors (Lipinski definition) is 1. The second-order valence-corrected chi connectivity index (χ2v) is 19.1. The summed E-state index contributed by atoms with van der Waals surface area (Å²) in [7, 11) is -5.27. The molecule has 1 fully saturated rings. The van der Waals surface area contributed by atoms with Crippen LogP contribution in [0.5, 0.6) is 5.88 Å². The number of pyridine rings is 1. The zero-order chi connectivity index (χ0) is 27.7. The summed E-state index contributed by atoms with van der Waals surface area (Å²) in [5, 5.41) is 4.53. The van der Waals surface area contributed by atoms with Crippen LogP contribution in [0, 0.1) is 5.92 Å². The molecule has 0 saturated carbocycles. The molecule has 4 rings (SSSR count). The number of rotatable bonds is 9. The van der Waals surface area contributed by atoms with Gasteiger partial charge in [-0.3, -0.25) is 4.79 Å². The lowest BCUT2D eigenvalue weighted by atomic mass is 9.97. The standard InChI is InChI=1S/C27H37N5O4SSi/c1-20-18-27(2,3)31(19-20)25-22(26(33)30-37(34,35)21-10-8-7-9-11-21)12-13-23(28-25)32-15-14-24(29-32)36-16-17-38(4,5)6/h7-15,20H,16-19H2,1-6H3,(H,30,33)/q-1/t20-/m0/s1. The van der Waals surface area contributed by atoms with Gasteiger partial charge in [-0.2, -0.15) is 19.6 Å². The number of aromatic nitrogens is 3. The summed E-state index contributed by atoms with van der Waals surface area (Å²) in [5.74, 6) is 1.11. The number of benzene rings is 1. The van der Waals surface area contributed by atoms with Gasteiger partial charge in [-0.25, -0.2) is 22.8 Å². The lowest BCUT2D eigenvalue weighted by molar-refractivity contribution is 0.0981. The molecule has 0 aliphatic carbocycles. The number of nitrogens with one attached hydrogen (secondary N) is 1. The molecule has 1 atom stereocenters. The third kappa shape index (κ3) is 6.44. The van der Waals surface area contributed by atoms with Gasteiger partial charge in [-0.1, -0.05) is 25.1 Å². The lowest BCUT2D eigenvalue weighted by Gasteiger charge is -2.34. The van der Waals surface area contributed by atoms with Crippen molar-refractivity contribution in [2.45, 2.75) is 63.3 Å². The van der Waals surface area contributed by atoms with Crippen molar-refractivity contribution >= 4 is 29.8 Å². The minimum absolute atomic E-state index is 0.0211. The van der Waals surface area contributed by atoms with Gasteiger partial charge in [0, 0.05) is 24.3 Å². The van der Waals surface area contributed by atoms with E-state index in [9.17, 15) is 13.2 Å². The van der Waals surface area contributed by atoms with Crippen molar-refractivity contribution < 1.29 is 17.9 Å². The Hall–Kier alpha value is -3.18. The van der Waals surface area contributed by atoms with Crippen molar-refractivity contribution in [2.24, 2.45) is 5.92 Å². The highest BCUT2D eigenvalue weighted by Crippen LogP contribution is 2.37. The van der Waals surface area contributed by atoms with Gasteiger partial charge in [-0.15, -0.1) is 19.2 Å². The van der Waals surface area contributed by atoms with Crippen molar-refractivity contribution in [1.29, 1.82) is 0 Å². The number of ether oxygens (including phenoxy) is 1. The average molecular weight is 556 g/mol. The van der Waals surface area contributed by atoms with Crippen LogP contribution in [-0.4, -0.2) is 55.9 Å². The first-order valence-electron chi connectivity index (χ1n) is 12.8. The Kier molecular flexibility index (Phi) is 7.71. The third-order valence-electron chi connectivity index (χ3n) is 6.62.